The Morgan fingerprint density at radius 2 is 1.43 bits per heavy atom. The standard InChI is InChI=1S/C54H62N8O6/c1-30(28-56-52(65)67-3)50(63)61-23-7-9-44(61)48-55-29-43(60-48)37-18-17-36(39-26-54(27-40(37)39)21-5-6-22-54)38-19-16-35(46-32-11-13-33(14-12-32)47(38)46)34-15-20-41-42(25-34)59-49(58-41)45-10-8-24-62(45)51(64)31(2)57-53(66)68-4/h15-20,25,29-30,32-33,44-45H,5-14,21-24,26-28H2,1-4H3,(H,55,60)(H,56,65)(H,58,59)/b57-31+/t30-,32?,33?,44-,45+/m1/s1. The molecule has 4 heterocycles. The quantitative estimate of drug-likeness (QED) is 0.122. The third kappa shape index (κ3) is 7.67. The topological polar surface area (TPSA) is 175 Å². The van der Waals surface area contributed by atoms with Gasteiger partial charge in [0.15, 0.2) is 0 Å². The predicted octanol–water partition coefficient (Wildman–Crippen LogP) is 10.2. The van der Waals surface area contributed by atoms with Gasteiger partial charge in [-0.1, -0.05) is 50.1 Å². The Balaban J connectivity index is 0.924. The number of hydrogen-bond acceptors (Lipinski definition) is 8. The number of carbonyl (C=O) groups is 4. The average molecular weight is 919 g/mol. The van der Waals surface area contributed by atoms with Crippen molar-refractivity contribution in [3.8, 4) is 33.5 Å². The van der Waals surface area contributed by atoms with Crippen LogP contribution in [0.4, 0.5) is 9.59 Å². The molecule has 1 spiro atoms. The number of likely N-dealkylation sites (tertiary alicyclic amines) is 2. The van der Waals surface area contributed by atoms with Crippen LogP contribution in [0.1, 0.15) is 149 Å². The predicted molar refractivity (Wildman–Crippen MR) is 259 cm³/mol. The minimum Gasteiger partial charge on any atom is -0.453 e. The first-order valence-corrected chi connectivity index (χ1v) is 25.0. The van der Waals surface area contributed by atoms with Crippen molar-refractivity contribution in [1.82, 2.24) is 35.1 Å². The largest absolute Gasteiger partial charge is 0.453 e. The molecule has 4 amide bonds. The molecule has 3 N–H and O–H groups in total. The van der Waals surface area contributed by atoms with Gasteiger partial charge in [0.2, 0.25) is 5.91 Å². The summed E-state index contributed by atoms with van der Waals surface area (Å²) in [5.74, 6) is 1.95. The number of ether oxygens (including phenoxy) is 2. The van der Waals surface area contributed by atoms with Crippen molar-refractivity contribution in [2.24, 2.45) is 16.3 Å². The molecule has 12 rings (SSSR count). The van der Waals surface area contributed by atoms with Crippen LogP contribution >= 0.6 is 0 Å². The van der Waals surface area contributed by atoms with Gasteiger partial charge < -0.3 is 34.6 Å². The molecule has 7 aliphatic rings. The highest BCUT2D eigenvalue weighted by Gasteiger charge is 2.44. The average Bonchev–Trinajstić information content (AvgIpc) is 4.24. The van der Waals surface area contributed by atoms with Gasteiger partial charge in [-0.15, -0.1) is 0 Å². The van der Waals surface area contributed by atoms with Crippen molar-refractivity contribution < 1.29 is 28.7 Å². The molecule has 5 aromatic rings. The lowest BCUT2D eigenvalue weighted by Crippen LogP contribution is -2.40. The van der Waals surface area contributed by atoms with E-state index in [1.807, 2.05) is 18.0 Å². The molecular formula is C54H62N8O6. The number of aromatic nitrogens is 4. The first kappa shape index (κ1) is 44.2. The van der Waals surface area contributed by atoms with Crippen LogP contribution in [0, 0.1) is 11.3 Å². The number of nitrogens with one attached hydrogen (secondary N) is 3. The Morgan fingerprint density at radius 1 is 0.779 bits per heavy atom. The van der Waals surface area contributed by atoms with E-state index in [0.717, 1.165) is 66.9 Å². The molecule has 2 bridgehead atoms. The maximum Gasteiger partial charge on any atom is 0.433 e. The summed E-state index contributed by atoms with van der Waals surface area (Å²) in [5.41, 5.74) is 15.8. The van der Waals surface area contributed by atoms with E-state index in [1.54, 1.807) is 17.4 Å². The van der Waals surface area contributed by atoms with Gasteiger partial charge in [-0.05, 0) is 158 Å². The van der Waals surface area contributed by atoms with Crippen LogP contribution in [0.25, 0.3) is 44.5 Å². The third-order valence-electron chi connectivity index (χ3n) is 16.6. The van der Waals surface area contributed by atoms with Gasteiger partial charge in [-0.25, -0.2) is 19.6 Å². The zero-order valence-electron chi connectivity index (χ0n) is 39.7. The summed E-state index contributed by atoms with van der Waals surface area (Å²) in [4.78, 5) is 75.5. The summed E-state index contributed by atoms with van der Waals surface area (Å²) >= 11 is 0. The fraction of sp³-hybridized carbons (Fsp3) is 0.500. The molecule has 14 nitrogen and oxygen atoms in total. The molecular weight excluding hydrogens is 857 g/mol. The van der Waals surface area contributed by atoms with Crippen molar-refractivity contribution >= 4 is 40.7 Å². The number of amides is 4. The Hall–Kier alpha value is -6.31. The Kier molecular flexibility index (Phi) is 11.5. The van der Waals surface area contributed by atoms with Crippen LogP contribution in [0.2, 0.25) is 0 Å². The second-order valence-corrected chi connectivity index (χ2v) is 20.5. The van der Waals surface area contributed by atoms with Crippen molar-refractivity contribution in [2.75, 3.05) is 33.9 Å². The monoisotopic (exact) mass is 918 g/mol. The molecule has 354 valence electrons. The molecule has 0 radical (unpaired) electrons. The van der Waals surface area contributed by atoms with Crippen LogP contribution < -0.4 is 5.32 Å². The first-order valence-electron chi connectivity index (χ1n) is 25.0. The molecule has 2 saturated carbocycles. The lowest BCUT2D eigenvalue weighted by atomic mass is 9.63. The van der Waals surface area contributed by atoms with E-state index in [-0.39, 0.29) is 47.5 Å². The number of rotatable bonds is 9. The number of benzene rings is 3. The SMILES string of the molecule is COC(=O)/N=C(\C)C(=O)N1CCC[C@H]1c1nc2ccc(-c3ccc(-c4ccc(-c5cnc([C@H]6CCCN6C(=O)[C@H](C)CNC(=O)OC)[nH]5)c5c4CC4(CCCC4)C5)c4c3C3CCC4CC3)cc2[nH]1. The minimum atomic E-state index is -0.783. The van der Waals surface area contributed by atoms with E-state index in [1.165, 1.54) is 110 Å². The fourth-order valence-electron chi connectivity index (χ4n) is 13.3. The van der Waals surface area contributed by atoms with E-state index >= 15 is 0 Å². The molecule has 2 saturated heterocycles. The van der Waals surface area contributed by atoms with Gasteiger partial charge >= 0.3 is 12.2 Å². The van der Waals surface area contributed by atoms with Crippen LogP contribution in [-0.2, 0) is 31.9 Å². The smallest absolute Gasteiger partial charge is 0.433 e. The highest BCUT2D eigenvalue weighted by molar-refractivity contribution is 6.39. The van der Waals surface area contributed by atoms with Crippen LogP contribution in [0.15, 0.2) is 53.7 Å². The maximum absolute atomic E-state index is 13.7. The lowest BCUT2D eigenvalue weighted by molar-refractivity contribution is -0.136. The molecule has 14 heteroatoms. The van der Waals surface area contributed by atoms with Crippen molar-refractivity contribution in [2.45, 2.75) is 128 Å². The number of fused-ring (bicyclic) bond motifs is 4. The molecule has 4 fully saturated rings. The Morgan fingerprint density at radius 3 is 2.15 bits per heavy atom. The van der Waals surface area contributed by atoms with Gasteiger partial charge in [0.1, 0.15) is 17.4 Å². The number of aliphatic imine (C=N–C) groups is 1. The number of aromatic amines is 2. The molecule has 68 heavy (non-hydrogen) atoms. The van der Waals surface area contributed by atoms with E-state index in [0.29, 0.717) is 24.9 Å². The number of H-pyrrole nitrogens is 2. The van der Waals surface area contributed by atoms with Crippen molar-refractivity contribution in [3.05, 3.63) is 82.6 Å². The second-order valence-electron chi connectivity index (χ2n) is 20.5. The van der Waals surface area contributed by atoms with Gasteiger partial charge in [0.05, 0.1) is 55.1 Å². The normalized spacial score (nSPS) is 23.0. The number of nitrogens with zero attached hydrogens (tertiary/aromatic N) is 5. The van der Waals surface area contributed by atoms with Gasteiger partial charge in [0, 0.05) is 25.2 Å². The van der Waals surface area contributed by atoms with Crippen molar-refractivity contribution in [1.29, 1.82) is 0 Å². The summed E-state index contributed by atoms with van der Waals surface area (Å²) in [6.45, 7) is 4.86. The van der Waals surface area contributed by atoms with E-state index in [2.05, 4.69) is 67.5 Å². The molecule has 3 aromatic carbocycles. The van der Waals surface area contributed by atoms with Crippen LogP contribution in [0.3, 0.4) is 0 Å². The third-order valence-corrected chi connectivity index (χ3v) is 16.6. The Labute approximate surface area is 397 Å². The van der Waals surface area contributed by atoms with E-state index in [4.69, 9.17) is 14.7 Å². The van der Waals surface area contributed by atoms with E-state index in [9.17, 15) is 19.2 Å². The minimum absolute atomic E-state index is 0.0106. The second kappa shape index (κ2) is 17.6. The number of alkyl carbamates (subject to hydrolysis) is 1. The number of methoxy groups -OCH3 is 2. The Bertz CT molecular complexity index is 2860. The molecule has 3 atom stereocenters. The summed E-state index contributed by atoms with van der Waals surface area (Å²) in [5, 5.41) is 2.68. The summed E-state index contributed by atoms with van der Waals surface area (Å²) < 4.78 is 9.40. The highest BCUT2D eigenvalue weighted by Crippen LogP contribution is 2.58. The molecule has 2 aliphatic heterocycles. The van der Waals surface area contributed by atoms with Crippen molar-refractivity contribution in [3.63, 3.8) is 0 Å². The summed E-state index contributed by atoms with van der Waals surface area (Å²) in [7, 11) is 2.58. The lowest BCUT2D eigenvalue weighted by Gasteiger charge is -2.41. The zero-order chi connectivity index (χ0) is 46.8. The van der Waals surface area contributed by atoms with E-state index < -0.39 is 12.2 Å². The first-order chi connectivity index (χ1) is 33.0. The zero-order valence-corrected chi connectivity index (χ0v) is 39.7. The van der Waals surface area contributed by atoms with Gasteiger partial charge in [-0.3, -0.25) is 9.59 Å². The maximum atomic E-state index is 13.7. The summed E-state index contributed by atoms with van der Waals surface area (Å²) in [6.07, 6.45) is 16.1. The van der Waals surface area contributed by atoms with Gasteiger partial charge in [0.25, 0.3) is 5.91 Å². The number of carbonyl (C=O) groups excluding carboxylic acids is 4. The fourth-order valence-corrected chi connectivity index (χ4v) is 13.3. The van der Waals surface area contributed by atoms with Crippen LogP contribution in [-0.4, -0.2) is 93.3 Å². The van der Waals surface area contributed by atoms with Crippen LogP contribution in [0.5, 0.6) is 0 Å². The molecule has 0 unspecified atom stereocenters. The molecule has 5 aliphatic carbocycles. The number of hydrogen-bond donors (Lipinski definition) is 3. The van der Waals surface area contributed by atoms with Gasteiger partial charge in [-0.2, -0.15) is 4.99 Å². The number of imidazole rings is 2. The summed E-state index contributed by atoms with van der Waals surface area (Å²) in [6, 6.07) is 15.8. The molecule has 2 aromatic heterocycles. The highest BCUT2D eigenvalue weighted by atomic mass is 16.5.